The van der Waals surface area contributed by atoms with Gasteiger partial charge in [0.2, 0.25) is 0 Å². The van der Waals surface area contributed by atoms with Crippen molar-refractivity contribution in [2.24, 2.45) is 0 Å². The Morgan fingerprint density at radius 3 is 0.886 bits per heavy atom. The van der Waals surface area contributed by atoms with Crippen LogP contribution in [0.3, 0.4) is 0 Å². The van der Waals surface area contributed by atoms with E-state index in [-0.39, 0.29) is 44.0 Å². The molecule has 0 unspecified atom stereocenters. The van der Waals surface area contributed by atoms with Crippen LogP contribution in [0.5, 0.6) is 23.0 Å². The Balaban J connectivity index is 0.000000178. The quantitative estimate of drug-likeness (QED) is 0.0962. The minimum absolute atomic E-state index is 0.0773. The van der Waals surface area contributed by atoms with Crippen molar-refractivity contribution in [3.63, 3.8) is 0 Å². The minimum Gasteiger partial charge on any atom is -0.507 e. The lowest BCUT2D eigenvalue weighted by Crippen LogP contribution is -2.16. The number of hydrogen-bond donors (Lipinski definition) is 2. The fourth-order valence-corrected chi connectivity index (χ4v) is 18.9. The number of hydrogen-bond acceptors (Lipinski definition) is 10. The molecule has 0 atom stereocenters. The number of benzene rings is 14. The number of ether oxygens (including phenoxy) is 2. The standard InChI is InChI=1S/C66H62N2O3.C64H58N2O3/c1-64(2,3)46-31-44(32-47(36-46)65(4,5)6)45-34-57(54-40-62-52(39-61(54)70-11)49-25-18-19-28-60(49)71-62)68-58(35-45)56-27-20-26-55(67-56)53-33-43(29-30-59(53)69-10)63-50(41-21-14-12-15-22-41)37-48(66(7,8)9)38-51(63)42-23-16-13-17-24-42;1-62(2,3)44-29-42(30-45(34-44)63(4,5)6)43-32-55(52-38-60-50(37-58(52)68)47-23-16-17-26-59(47)69-60)66-56(33-43)54-25-18-24-53(65-54)51-31-41(27-28-57(51)67)61-48(39-19-12-10-13-20-39)35-46(64(7,8)9)36-49(61)40-21-14-11-15-22-40/h12-40H,1-11H3;10-38,67-68H,1-9H3. The molecule has 2 N–H and O–H groups in total. The maximum Gasteiger partial charge on any atom is 0.136 e. The van der Waals surface area contributed by atoms with Crippen LogP contribution < -0.4 is 9.47 Å². The van der Waals surface area contributed by atoms with Crippen molar-refractivity contribution in [2.75, 3.05) is 14.2 Å². The minimum atomic E-state index is -0.107. The zero-order valence-electron chi connectivity index (χ0n) is 83.8. The first-order valence-corrected chi connectivity index (χ1v) is 48.4. The molecule has 0 saturated carbocycles. The number of fused-ring (bicyclic) bond motifs is 6. The molecule has 14 aromatic carbocycles. The Labute approximate surface area is 823 Å². The van der Waals surface area contributed by atoms with Crippen LogP contribution in [0, 0.1) is 0 Å². The smallest absolute Gasteiger partial charge is 0.136 e. The van der Waals surface area contributed by atoms with Crippen molar-refractivity contribution in [2.45, 2.75) is 157 Å². The molecule has 20 aromatic rings. The highest BCUT2D eigenvalue weighted by molar-refractivity contribution is 6.09. The number of phenols is 2. The third kappa shape index (κ3) is 19.0. The molecule has 0 aliphatic carbocycles. The Hall–Kier alpha value is -15.5. The van der Waals surface area contributed by atoms with Crippen LogP contribution in [0.1, 0.15) is 158 Å². The number of para-hydroxylation sites is 2. The van der Waals surface area contributed by atoms with Gasteiger partial charge >= 0.3 is 0 Å². The van der Waals surface area contributed by atoms with Crippen molar-refractivity contribution in [3.8, 4) is 180 Å². The Bertz CT molecular complexity index is 7940. The molecular weight excluding hydrogens is 1710 g/mol. The lowest BCUT2D eigenvalue weighted by molar-refractivity contribution is 0.416. The predicted octanol–water partition coefficient (Wildman–Crippen LogP) is 35.3. The molecule has 0 aliphatic heterocycles. The molecule has 0 spiro atoms. The largest absolute Gasteiger partial charge is 0.507 e. The van der Waals surface area contributed by atoms with Crippen molar-refractivity contribution < 1.29 is 28.5 Å². The SMILES string of the molecule is CC(C)(C)c1cc(-c2cc(-c3cccc(-c4cc(-c5c(-c6ccccc6)cc(C(C)(C)C)cc5-c5ccccc5)ccc4O)n3)nc(-c3cc4oc5ccccc5c4cc3O)c2)cc(C(C)(C)C)c1.COc1ccc(-c2c(-c3ccccc3)cc(C(C)(C)C)cc2-c2ccccc2)cc1-c1cccc(-c2cc(-c3cc(C(C)(C)C)cc(C(C)(C)C)c3)cc(-c3cc4oc5ccccc5c4cc3OC)n2)n1. The molecule has 10 heteroatoms. The van der Waals surface area contributed by atoms with E-state index in [0.29, 0.717) is 45.2 Å². The van der Waals surface area contributed by atoms with Gasteiger partial charge in [0.15, 0.2) is 0 Å². The van der Waals surface area contributed by atoms with Crippen LogP contribution in [0.25, 0.3) is 201 Å². The van der Waals surface area contributed by atoms with Gasteiger partial charge in [0, 0.05) is 43.8 Å². The summed E-state index contributed by atoms with van der Waals surface area (Å²) in [5, 5.41) is 27.4. The lowest BCUT2D eigenvalue weighted by atomic mass is 9.79. The predicted molar refractivity (Wildman–Crippen MR) is 583 cm³/mol. The number of methoxy groups -OCH3 is 2. The van der Waals surface area contributed by atoms with Gasteiger partial charge in [-0.25, -0.2) is 19.9 Å². The Morgan fingerprint density at radius 2 is 0.493 bits per heavy atom. The average Bonchev–Trinajstić information content (AvgIpc) is 1.00. The van der Waals surface area contributed by atoms with Gasteiger partial charge in [0.25, 0.3) is 0 Å². The highest BCUT2D eigenvalue weighted by Gasteiger charge is 2.31. The summed E-state index contributed by atoms with van der Waals surface area (Å²) >= 11 is 0. The molecule has 140 heavy (non-hydrogen) atoms. The summed E-state index contributed by atoms with van der Waals surface area (Å²) in [7, 11) is 3.45. The van der Waals surface area contributed by atoms with E-state index < -0.39 is 0 Å². The molecule has 6 aromatic heterocycles. The van der Waals surface area contributed by atoms with Crippen LogP contribution in [0.15, 0.2) is 361 Å². The average molecular weight is 1830 g/mol. The van der Waals surface area contributed by atoms with E-state index >= 15 is 0 Å². The second-order valence-electron chi connectivity index (χ2n) is 43.3. The van der Waals surface area contributed by atoms with Crippen LogP contribution >= 0.6 is 0 Å². The van der Waals surface area contributed by atoms with Crippen molar-refractivity contribution in [1.29, 1.82) is 0 Å². The van der Waals surface area contributed by atoms with E-state index in [1.54, 1.807) is 26.4 Å². The van der Waals surface area contributed by atoms with Crippen molar-refractivity contribution >= 4 is 43.9 Å². The summed E-state index contributed by atoms with van der Waals surface area (Å²) in [5.74, 6) is 1.67. The monoisotopic (exact) mass is 1830 g/mol. The second-order valence-corrected chi connectivity index (χ2v) is 43.3. The Kier molecular flexibility index (Phi) is 24.5. The number of phenolic OH excluding ortho intramolecular Hbond substituents is 2. The third-order valence-corrected chi connectivity index (χ3v) is 27.1. The molecule has 20 rings (SSSR count). The molecule has 0 fully saturated rings. The summed E-state index contributed by atoms with van der Waals surface area (Å²) < 4.78 is 25.1. The number of aromatic nitrogens is 4. The van der Waals surface area contributed by atoms with Crippen molar-refractivity contribution in [1.82, 2.24) is 19.9 Å². The first-order valence-electron chi connectivity index (χ1n) is 48.4. The molecule has 10 nitrogen and oxygen atoms in total. The number of rotatable bonds is 16. The number of nitrogens with zero attached hydrogens (tertiary/aromatic N) is 4. The number of aromatic hydroxyl groups is 2. The van der Waals surface area contributed by atoms with Crippen LogP contribution in [0.2, 0.25) is 0 Å². The molecule has 0 aliphatic rings. The van der Waals surface area contributed by atoms with E-state index in [1.165, 1.54) is 44.5 Å². The maximum atomic E-state index is 11.8. The zero-order chi connectivity index (χ0) is 98.2. The first kappa shape index (κ1) is 93.5. The molecule has 0 saturated heterocycles. The van der Waals surface area contributed by atoms with Gasteiger partial charge in [0.05, 0.1) is 59.8 Å². The van der Waals surface area contributed by atoms with Crippen LogP contribution in [-0.4, -0.2) is 44.4 Å². The fraction of sp³-hybridized carbons (Fsp3) is 0.200. The van der Waals surface area contributed by atoms with Crippen LogP contribution in [0.4, 0.5) is 0 Å². The number of furan rings is 2. The molecule has 0 bridgehead atoms. The van der Waals surface area contributed by atoms with E-state index in [0.717, 1.165) is 156 Å². The van der Waals surface area contributed by atoms with Gasteiger partial charge in [-0.3, -0.25) is 0 Å². The molecule has 6 heterocycles. The van der Waals surface area contributed by atoms with Gasteiger partial charge in [-0.05, 0) is 288 Å². The molecule has 696 valence electrons. The molecular formula is C130H120N4O6. The molecule has 0 radical (unpaired) electrons. The summed E-state index contributed by atoms with van der Waals surface area (Å²) in [5.41, 5.74) is 35.7. The summed E-state index contributed by atoms with van der Waals surface area (Å²) in [6.45, 7) is 40.7. The van der Waals surface area contributed by atoms with Gasteiger partial charge in [0.1, 0.15) is 45.3 Å². The zero-order valence-corrected chi connectivity index (χ0v) is 83.8. The summed E-state index contributed by atoms with van der Waals surface area (Å²) in [6, 6.07) is 123. The van der Waals surface area contributed by atoms with E-state index in [9.17, 15) is 10.2 Å². The second kappa shape index (κ2) is 36.8. The summed E-state index contributed by atoms with van der Waals surface area (Å²) in [6.07, 6.45) is 0. The van der Waals surface area contributed by atoms with E-state index in [2.05, 4.69) is 373 Å². The van der Waals surface area contributed by atoms with Crippen molar-refractivity contribution in [3.05, 3.63) is 385 Å². The topological polar surface area (TPSA) is 137 Å². The van der Waals surface area contributed by atoms with Gasteiger partial charge in [-0.1, -0.05) is 343 Å². The van der Waals surface area contributed by atoms with E-state index in [1.807, 2.05) is 91.0 Å². The normalized spacial score (nSPS) is 12.2. The molecule has 0 amide bonds. The maximum absolute atomic E-state index is 11.8. The summed E-state index contributed by atoms with van der Waals surface area (Å²) in [4.78, 5) is 21.5. The highest BCUT2D eigenvalue weighted by Crippen LogP contribution is 2.52. The first-order chi connectivity index (χ1) is 66.8. The van der Waals surface area contributed by atoms with Crippen LogP contribution in [-0.2, 0) is 32.5 Å². The van der Waals surface area contributed by atoms with Gasteiger partial charge < -0.3 is 28.5 Å². The fourth-order valence-electron chi connectivity index (χ4n) is 18.9. The third-order valence-electron chi connectivity index (χ3n) is 27.1. The van der Waals surface area contributed by atoms with E-state index in [4.69, 9.17) is 38.2 Å². The van der Waals surface area contributed by atoms with Gasteiger partial charge in [-0.15, -0.1) is 0 Å². The lowest BCUT2D eigenvalue weighted by Gasteiger charge is -2.26. The Morgan fingerprint density at radius 1 is 0.193 bits per heavy atom. The number of pyridine rings is 4. The highest BCUT2D eigenvalue weighted by atomic mass is 16.5. The van der Waals surface area contributed by atoms with Gasteiger partial charge in [-0.2, -0.15) is 0 Å².